The second-order valence-electron chi connectivity index (χ2n) is 5.10. The molecule has 1 fully saturated rings. The minimum absolute atomic E-state index is 0.443. The van der Waals surface area contributed by atoms with Gasteiger partial charge in [-0.3, -0.25) is 0 Å². The third-order valence-electron chi connectivity index (χ3n) is 3.94. The quantitative estimate of drug-likeness (QED) is 0.828. The Morgan fingerprint density at radius 1 is 1.12 bits per heavy atom. The van der Waals surface area contributed by atoms with Gasteiger partial charge in [0.15, 0.2) is 0 Å². The molecule has 0 bridgehead atoms. The average Bonchev–Trinajstić information content (AvgIpc) is 2.90. The Hall–Kier alpha value is -0.900. The first-order valence-corrected chi connectivity index (χ1v) is 6.50. The van der Waals surface area contributed by atoms with Crippen molar-refractivity contribution in [2.24, 2.45) is 0 Å². The Kier molecular flexibility index (Phi) is 2.67. The summed E-state index contributed by atoms with van der Waals surface area (Å²) >= 11 is 0. The summed E-state index contributed by atoms with van der Waals surface area (Å²) in [5.74, 6) is 2.23. The van der Waals surface area contributed by atoms with Crippen molar-refractivity contribution in [3.8, 4) is 0 Å². The number of hydrogen-bond donors (Lipinski definition) is 1. The first-order valence-electron chi connectivity index (χ1n) is 6.50. The van der Waals surface area contributed by atoms with Crippen molar-refractivity contribution in [2.75, 3.05) is 0 Å². The van der Waals surface area contributed by atoms with E-state index in [4.69, 9.17) is 0 Å². The fraction of sp³-hybridized carbons (Fsp3) is 0.833. The summed E-state index contributed by atoms with van der Waals surface area (Å²) in [4.78, 5) is 0. The van der Waals surface area contributed by atoms with E-state index in [-0.39, 0.29) is 0 Å². The lowest BCUT2D eigenvalue weighted by atomic mass is 10.1. The molecule has 1 atom stereocenters. The highest BCUT2D eigenvalue weighted by atomic mass is 15.3. The van der Waals surface area contributed by atoms with Gasteiger partial charge in [-0.2, -0.15) is 0 Å². The van der Waals surface area contributed by atoms with E-state index in [0.717, 1.165) is 18.2 Å². The molecule has 1 aliphatic heterocycles. The highest BCUT2D eigenvalue weighted by Crippen LogP contribution is 2.27. The molecule has 0 spiro atoms. The maximum atomic E-state index is 4.33. The summed E-state index contributed by atoms with van der Waals surface area (Å²) < 4.78 is 2.27. The van der Waals surface area contributed by atoms with Crippen LogP contribution >= 0.6 is 0 Å². The van der Waals surface area contributed by atoms with E-state index in [1.54, 1.807) is 0 Å². The van der Waals surface area contributed by atoms with E-state index in [9.17, 15) is 0 Å². The van der Waals surface area contributed by atoms with Crippen LogP contribution < -0.4 is 5.32 Å². The van der Waals surface area contributed by atoms with Gasteiger partial charge < -0.3 is 9.88 Å². The molecule has 3 rings (SSSR count). The summed E-state index contributed by atoms with van der Waals surface area (Å²) in [5.41, 5.74) is 0. The van der Waals surface area contributed by atoms with E-state index in [1.807, 2.05) is 0 Å². The first-order chi connectivity index (χ1) is 7.84. The molecule has 16 heavy (non-hydrogen) atoms. The van der Waals surface area contributed by atoms with Crippen molar-refractivity contribution in [3.05, 3.63) is 11.6 Å². The van der Waals surface area contributed by atoms with E-state index >= 15 is 0 Å². The Morgan fingerprint density at radius 2 is 1.94 bits per heavy atom. The summed E-state index contributed by atoms with van der Waals surface area (Å²) in [6.07, 6.45) is 7.91. The molecule has 1 saturated carbocycles. The van der Waals surface area contributed by atoms with Crippen molar-refractivity contribution in [1.82, 2.24) is 20.1 Å². The number of fused-ring (bicyclic) bond motifs is 1. The van der Waals surface area contributed by atoms with Gasteiger partial charge in [0.1, 0.15) is 11.6 Å². The summed E-state index contributed by atoms with van der Waals surface area (Å²) in [5, 5.41) is 12.3. The number of aromatic nitrogens is 3. The number of nitrogens with one attached hydrogen (secondary N) is 1. The molecule has 88 valence electrons. The van der Waals surface area contributed by atoms with E-state index in [1.165, 1.54) is 38.5 Å². The van der Waals surface area contributed by atoms with E-state index in [0.29, 0.717) is 12.1 Å². The van der Waals surface area contributed by atoms with Gasteiger partial charge in [0.25, 0.3) is 0 Å². The summed E-state index contributed by atoms with van der Waals surface area (Å²) in [6.45, 7) is 3.14. The lowest BCUT2D eigenvalue weighted by Crippen LogP contribution is -2.34. The molecular formula is C12H20N4. The van der Waals surface area contributed by atoms with Crippen LogP contribution in [0.1, 0.15) is 56.2 Å². The molecule has 4 nitrogen and oxygen atoms in total. The minimum atomic E-state index is 0.443. The van der Waals surface area contributed by atoms with Gasteiger partial charge in [-0.25, -0.2) is 0 Å². The monoisotopic (exact) mass is 220 g/mol. The van der Waals surface area contributed by atoms with Gasteiger partial charge in [0.2, 0.25) is 0 Å². The van der Waals surface area contributed by atoms with Crippen LogP contribution in [0, 0.1) is 6.92 Å². The minimum Gasteiger partial charge on any atom is -0.314 e. The van der Waals surface area contributed by atoms with Gasteiger partial charge in [-0.1, -0.05) is 12.8 Å². The van der Waals surface area contributed by atoms with Crippen molar-refractivity contribution < 1.29 is 0 Å². The molecule has 1 aromatic heterocycles. The molecule has 0 aromatic carbocycles. The van der Waals surface area contributed by atoms with Crippen LogP contribution in [0.4, 0.5) is 0 Å². The number of rotatable bonds is 2. The van der Waals surface area contributed by atoms with Crippen molar-refractivity contribution in [2.45, 2.75) is 64.1 Å². The van der Waals surface area contributed by atoms with Crippen LogP contribution in [0.3, 0.4) is 0 Å². The predicted octanol–water partition coefficient (Wildman–Crippen LogP) is 1.95. The second kappa shape index (κ2) is 4.17. The van der Waals surface area contributed by atoms with Crippen molar-refractivity contribution in [3.63, 3.8) is 0 Å². The SMILES string of the molecule is Cc1nnc2n1CCCC2NC1CCCC1. The first kappa shape index (κ1) is 10.3. The van der Waals surface area contributed by atoms with E-state index in [2.05, 4.69) is 27.0 Å². The number of aryl methyl sites for hydroxylation is 1. The molecule has 0 saturated heterocycles. The van der Waals surface area contributed by atoms with Crippen LogP contribution in [0.15, 0.2) is 0 Å². The van der Waals surface area contributed by atoms with Crippen LogP contribution in [0.2, 0.25) is 0 Å². The summed E-state index contributed by atoms with van der Waals surface area (Å²) in [7, 11) is 0. The molecule has 1 N–H and O–H groups in total. The summed E-state index contributed by atoms with van der Waals surface area (Å²) in [6, 6.07) is 1.16. The van der Waals surface area contributed by atoms with Gasteiger partial charge in [-0.15, -0.1) is 10.2 Å². The van der Waals surface area contributed by atoms with Crippen LogP contribution in [0.25, 0.3) is 0 Å². The maximum absolute atomic E-state index is 4.33. The molecule has 1 aliphatic carbocycles. The standard InChI is InChI=1S/C12H20N4/c1-9-14-15-12-11(7-4-8-16(9)12)13-10-5-2-3-6-10/h10-11,13H,2-8H2,1H3. The van der Waals surface area contributed by atoms with Crippen molar-refractivity contribution in [1.29, 1.82) is 0 Å². The maximum Gasteiger partial charge on any atom is 0.150 e. The molecular weight excluding hydrogens is 200 g/mol. The fourth-order valence-electron chi connectivity index (χ4n) is 3.05. The van der Waals surface area contributed by atoms with Gasteiger partial charge in [0, 0.05) is 12.6 Å². The lowest BCUT2D eigenvalue weighted by molar-refractivity contribution is 0.346. The number of hydrogen-bond acceptors (Lipinski definition) is 3. The van der Waals surface area contributed by atoms with Crippen molar-refractivity contribution >= 4 is 0 Å². The fourth-order valence-corrected chi connectivity index (χ4v) is 3.05. The third-order valence-corrected chi connectivity index (χ3v) is 3.94. The molecule has 0 radical (unpaired) electrons. The molecule has 0 amide bonds. The van der Waals surface area contributed by atoms with Gasteiger partial charge in [-0.05, 0) is 32.6 Å². The largest absolute Gasteiger partial charge is 0.314 e. The van der Waals surface area contributed by atoms with E-state index < -0.39 is 0 Å². The Bertz CT molecular complexity index is 365. The van der Waals surface area contributed by atoms with Gasteiger partial charge in [0.05, 0.1) is 6.04 Å². The molecule has 1 unspecified atom stereocenters. The molecule has 2 aliphatic rings. The second-order valence-corrected chi connectivity index (χ2v) is 5.10. The molecule has 1 aromatic rings. The number of nitrogens with zero attached hydrogens (tertiary/aromatic N) is 3. The third kappa shape index (κ3) is 1.75. The Labute approximate surface area is 96.4 Å². The zero-order valence-electron chi connectivity index (χ0n) is 9.95. The highest BCUT2D eigenvalue weighted by molar-refractivity contribution is 5.03. The molecule has 2 heterocycles. The van der Waals surface area contributed by atoms with Crippen LogP contribution in [0.5, 0.6) is 0 Å². The average molecular weight is 220 g/mol. The van der Waals surface area contributed by atoms with Crippen LogP contribution in [-0.2, 0) is 6.54 Å². The predicted molar refractivity (Wildman–Crippen MR) is 62.1 cm³/mol. The van der Waals surface area contributed by atoms with Gasteiger partial charge >= 0.3 is 0 Å². The Balaban J connectivity index is 1.76. The van der Waals surface area contributed by atoms with Crippen LogP contribution in [-0.4, -0.2) is 20.8 Å². The Morgan fingerprint density at radius 3 is 2.75 bits per heavy atom. The lowest BCUT2D eigenvalue weighted by Gasteiger charge is -2.27. The zero-order chi connectivity index (χ0) is 11.0. The smallest absolute Gasteiger partial charge is 0.150 e. The zero-order valence-corrected chi connectivity index (χ0v) is 9.95. The molecule has 4 heteroatoms. The topological polar surface area (TPSA) is 42.7 Å². The highest BCUT2D eigenvalue weighted by Gasteiger charge is 2.27. The normalized spacial score (nSPS) is 25.9.